The van der Waals surface area contributed by atoms with E-state index in [0.717, 1.165) is 13.2 Å². The van der Waals surface area contributed by atoms with Crippen LogP contribution in [0.4, 0.5) is 0 Å². The lowest BCUT2D eigenvalue weighted by atomic mass is 10.1. The molecule has 0 radical (unpaired) electrons. The second kappa shape index (κ2) is 4.98. The highest BCUT2D eigenvalue weighted by Gasteiger charge is 2.37. The van der Waals surface area contributed by atoms with E-state index in [9.17, 15) is 0 Å². The van der Waals surface area contributed by atoms with E-state index < -0.39 is 8.32 Å². The van der Waals surface area contributed by atoms with Gasteiger partial charge in [-0.2, -0.15) is 0 Å². The Labute approximate surface area is 95.5 Å². The Morgan fingerprint density at radius 3 is 2.40 bits per heavy atom. The maximum atomic E-state index is 6.15. The molecule has 1 rings (SSSR count). The van der Waals surface area contributed by atoms with Crippen LogP contribution in [0.2, 0.25) is 18.1 Å². The van der Waals surface area contributed by atoms with Crippen LogP contribution in [0.5, 0.6) is 0 Å². The highest BCUT2D eigenvalue weighted by atomic mass is 28.4. The minimum atomic E-state index is -1.57. The minimum Gasteiger partial charge on any atom is -0.414 e. The number of hydrogen-bond donors (Lipinski definition) is 0. The smallest absolute Gasteiger partial charge is 0.192 e. The fourth-order valence-corrected chi connectivity index (χ4v) is 2.49. The molecule has 1 aliphatic heterocycles. The van der Waals surface area contributed by atoms with Crippen LogP contribution < -0.4 is 0 Å². The van der Waals surface area contributed by atoms with Gasteiger partial charge in [0.1, 0.15) is 0 Å². The van der Waals surface area contributed by atoms with Crippen LogP contribution in [0.15, 0.2) is 0 Å². The third-order valence-corrected chi connectivity index (χ3v) is 8.21. The van der Waals surface area contributed by atoms with Gasteiger partial charge in [-0.05, 0) is 37.4 Å². The van der Waals surface area contributed by atoms with Crippen LogP contribution in [0.1, 0.15) is 40.0 Å². The molecule has 0 aromatic rings. The van der Waals surface area contributed by atoms with Crippen LogP contribution in [0.3, 0.4) is 0 Å². The summed E-state index contributed by atoms with van der Waals surface area (Å²) in [6, 6.07) is 0. The summed E-state index contributed by atoms with van der Waals surface area (Å²) < 4.78 is 11.8. The Hall–Kier alpha value is 0.137. The molecule has 0 spiro atoms. The maximum absolute atomic E-state index is 6.15. The molecule has 0 aliphatic carbocycles. The molecule has 1 saturated heterocycles. The van der Waals surface area contributed by atoms with Gasteiger partial charge in [0.2, 0.25) is 0 Å². The summed E-state index contributed by atoms with van der Waals surface area (Å²) in [5, 5.41) is 0.307. The molecule has 0 bridgehead atoms. The zero-order valence-corrected chi connectivity index (χ0v) is 11.9. The van der Waals surface area contributed by atoms with Gasteiger partial charge in [0.15, 0.2) is 8.32 Å². The molecular weight excluding hydrogens is 204 g/mol. The molecule has 0 aromatic heterocycles. The van der Waals surface area contributed by atoms with Crippen LogP contribution >= 0.6 is 0 Å². The van der Waals surface area contributed by atoms with Crippen LogP contribution in [0, 0.1) is 0 Å². The highest BCUT2D eigenvalue weighted by Crippen LogP contribution is 2.36. The zero-order chi connectivity index (χ0) is 11.5. The van der Waals surface area contributed by atoms with Crippen molar-refractivity contribution < 1.29 is 9.16 Å². The fourth-order valence-electron chi connectivity index (χ4n) is 1.46. The minimum absolute atomic E-state index is 0.307. The van der Waals surface area contributed by atoms with E-state index in [-0.39, 0.29) is 0 Å². The topological polar surface area (TPSA) is 18.5 Å². The first kappa shape index (κ1) is 13.2. The lowest BCUT2D eigenvalue weighted by Gasteiger charge is -2.37. The van der Waals surface area contributed by atoms with Gasteiger partial charge >= 0.3 is 0 Å². The molecule has 0 amide bonds. The molecule has 0 saturated carbocycles. The second-order valence-electron chi connectivity index (χ2n) is 6.06. The van der Waals surface area contributed by atoms with E-state index in [4.69, 9.17) is 9.16 Å². The summed E-state index contributed by atoms with van der Waals surface area (Å²) in [5.74, 6) is 0. The van der Waals surface area contributed by atoms with Crippen LogP contribution in [0.25, 0.3) is 0 Å². The Bertz CT molecular complexity index is 190. The van der Waals surface area contributed by atoms with Gasteiger partial charge in [0, 0.05) is 6.61 Å². The molecule has 1 heterocycles. The summed E-state index contributed by atoms with van der Waals surface area (Å²) in [7, 11) is -1.57. The van der Waals surface area contributed by atoms with Crippen molar-refractivity contribution in [1.29, 1.82) is 0 Å². The van der Waals surface area contributed by atoms with Gasteiger partial charge in [-0.15, -0.1) is 0 Å². The Balaban J connectivity index is 2.35. The van der Waals surface area contributed by atoms with Crippen molar-refractivity contribution in [3.63, 3.8) is 0 Å². The average molecular weight is 230 g/mol. The van der Waals surface area contributed by atoms with Crippen LogP contribution in [-0.4, -0.2) is 27.6 Å². The molecule has 0 N–H and O–H groups in total. The third-order valence-electron chi connectivity index (χ3n) is 3.71. The van der Waals surface area contributed by atoms with Gasteiger partial charge in [-0.25, -0.2) is 0 Å². The summed E-state index contributed by atoms with van der Waals surface area (Å²) in [5.41, 5.74) is 0. The van der Waals surface area contributed by atoms with Crippen molar-refractivity contribution >= 4 is 8.32 Å². The molecule has 90 valence electrons. The molecule has 1 atom stereocenters. The van der Waals surface area contributed by atoms with Gasteiger partial charge < -0.3 is 9.16 Å². The zero-order valence-electron chi connectivity index (χ0n) is 10.9. The molecule has 2 nitrogen and oxygen atoms in total. The average Bonchev–Trinajstić information content (AvgIpc) is 2.15. The normalized spacial score (nSPS) is 24.2. The van der Waals surface area contributed by atoms with Crippen molar-refractivity contribution in [1.82, 2.24) is 0 Å². The lowest BCUT2D eigenvalue weighted by Crippen LogP contribution is -2.43. The van der Waals surface area contributed by atoms with Gasteiger partial charge in [-0.1, -0.05) is 20.8 Å². The van der Waals surface area contributed by atoms with Crippen molar-refractivity contribution in [2.75, 3.05) is 13.2 Å². The molecule has 0 unspecified atom stereocenters. The van der Waals surface area contributed by atoms with E-state index in [1.54, 1.807) is 0 Å². The summed E-state index contributed by atoms with van der Waals surface area (Å²) in [6.45, 7) is 13.2. The number of hydrogen-bond acceptors (Lipinski definition) is 2. The third kappa shape index (κ3) is 3.89. The molecule has 3 heteroatoms. The SMILES string of the molecule is CC(C)(C)[Si](C)(C)OC[C@@H]1CCCCO1. The van der Waals surface area contributed by atoms with Gasteiger partial charge in [0.25, 0.3) is 0 Å². The molecule has 0 aromatic carbocycles. The first-order chi connectivity index (χ1) is 6.83. The van der Waals surface area contributed by atoms with Crippen molar-refractivity contribution in [2.45, 2.75) is 64.3 Å². The molecule has 15 heavy (non-hydrogen) atoms. The Morgan fingerprint density at radius 2 is 1.93 bits per heavy atom. The van der Waals surface area contributed by atoms with Gasteiger partial charge in [0.05, 0.1) is 12.7 Å². The highest BCUT2D eigenvalue weighted by molar-refractivity contribution is 6.74. The van der Waals surface area contributed by atoms with E-state index in [2.05, 4.69) is 33.9 Å². The predicted molar refractivity (Wildman–Crippen MR) is 66.7 cm³/mol. The van der Waals surface area contributed by atoms with Crippen molar-refractivity contribution in [2.24, 2.45) is 0 Å². The molecular formula is C12H26O2Si. The van der Waals surface area contributed by atoms with E-state index >= 15 is 0 Å². The molecule has 1 aliphatic rings. The number of rotatable bonds is 3. The van der Waals surface area contributed by atoms with Crippen LogP contribution in [-0.2, 0) is 9.16 Å². The predicted octanol–water partition coefficient (Wildman–Crippen LogP) is 3.58. The first-order valence-electron chi connectivity index (χ1n) is 6.08. The maximum Gasteiger partial charge on any atom is 0.192 e. The fraction of sp³-hybridized carbons (Fsp3) is 1.00. The Kier molecular flexibility index (Phi) is 4.38. The Morgan fingerprint density at radius 1 is 1.27 bits per heavy atom. The summed E-state index contributed by atoms with van der Waals surface area (Å²) in [6.07, 6.45) is 4.05. The largest absolute Gasteiger partial charge is 0.414 e. The van der Waals surface area contributed by atoms with Crippen molar-refractivity contribution in [3.8, 4) is 0 Å². The second-order valence-corrected chi connectivity index (χ2v) is 10.9. The standard InChI is InChI=1S/C12H26O2Si/c1-12(2,3)15(4,5)14-10-11-8-6-7-9-13-11/h11H,6-10H2,1-5H3/t11-/m0/s1. The monoisotopic (exact) mass is 230 g/mol. The van der Waals surface area contributed by atoms with E-state index in [0.29, 0.717) is 11.1 Å². The van der Waals surface area contributed by atoms with E-state index in [1.165, 1.54) is 19.3 Å². The van der Waals surface area contributed by atoms with E-state index in [1.807, 2.05) is 0 Å². The first-order valence-corrected chi connectivity index (χ1v) is 8.99. The van der Waals surface area contributed by atoms with Crippen molar-refractivity contribution in [3.05, 3.63) is 0 Å². The summed E-state index contributed by atoms with van der Waals surface area (Å²) >= 11 is 0. The lowest BCUT2D eigenvalue weighted by molar-refractivity contribution is -0.0140. The number of ether oxygens (including phenoxy) is 1. The quantitative estimate of drug-likeness (QED) is 0.690. The molecule has 1 fully saturated rings. The van der Waals surface area contributed by atoms with Gasteiger partial charge in [-0.3, -0.25) is 0 Å². The summed E-state index contributed by atoms with van der Waals surface area (Å²) in [4.78, 5) is 0.